The third-order valence-corrected chi connectivity index (χ3v) is 5.65. The molecule has 0 aliphatic heterocycles. The molecule has 0 heterocycles. The zero-order valence-electron chi connectivity index (χ0n) is 14.8. The Morgan fingerprint density at radius 2 is 2.04 bits per heavy atom. The molecule has 0 atom stereocenters. The Bertz CT molecular complexity index is 848. The normalized spacial score (nSPS) is 10.5. The molecule has 27 heavy (non-hydrogen) atoms. The number of rotatable bonds is 8. The fourth-order valence-electron chi connectivity index (χ4n) is 2.35. The van der Waals surface area contributed by atoms with Gasteiger partial charge in [0.1, 0.15) is 0 Å². The summed E-state index contributed by atoms with van der Waals surface area (Å²) >= 11 is 13.5. The summed E-state index contributed by atoms with van der Waals surface area (Å²) in [5, 5.41) is 12.0. The molecule has 0 bridgehead atoms. The van der Waals surface area contributed by atoms with Gasteiger partial charge in [0.2, 0.25) is 5.91 Å². The Labute approximate surface area is 171 Å². The number of nitro benzene ring substituents is 1. The van der Waals surface area contributed by atoms with Crippen molar-refractivity contribution in [3.63, 3.8) is 0 Å². The molecule has 2 rings (SSSR count). The van der Waals surface area contributed by atoms with E-state index in [1.807, 2.05) is 6.07 Å². The Morgan fingerprint density at radius 3 is 2.70 bits per heavy atom. The van der Waals surface area contributed by atoms with E-state index in [1.54, 1.807) is 36.2 Å². The van der Waals surface area contributed by atoms with Crippen LogP contribution in [0, 0.1) is 10.1 Å². The average molecular weight is 429 g/mol. The summed E-state index contributed by atoms with van der Waals surface area (Å²) in [6, 6.07) is 10.1. The van der Waals surface area contributed by atoms with Gasteiger partial charge in [-0.3, -0.25) is 14.9 Å². The SMILES string of the molecule is COc1ccc(CSCC(=O)N(C)Cc2cccc(Cl)c2Cl)cc1[N+](=O)[O-]. The molecule has 9 heteroatoms. The van der Waals surface area contributed by atoms with Gasteiger partial charge in [-0.2, -0.15) is 0 Å². The third kappa shape index (κ3) is 5.76. The number of halogens is 2. The third-order valence-electron chi connectivity index (χ3n) is 3.80. The maximum absolute atomic E-state index is 12.3. The van der Waals surface area contributed by atoms with Gasteiger partial charge < -0.3 is 9.64 Å². The summed E-state index contributed by atoms with van der Waals surface area (Å²) in [7, 11) is 3.08. The van der Waals surface area contributed by atoms with Crippen molar-refractivity contribution in [3.8, 4) is 5.75 Å². The Kier molecular flexibility index (Phi) is 7.77. The van der Waals surface area contributed by atoms with Gasteiger partial charge in [0.05, 0.1) is 27.8 Å². The largest absolute Gasteiger partial charge is 0.490 e. The number of ether oxygens (including phenoxy) is 1. The summed E-state index contributed by atoms with van der Waals surface area (Å²) in [6.45, 7) is 0.354. The predicted octanol–water partition coefficient (Wildman–Crippen LogP) is 4.80. The summed E-state index contributed by atoms with van der Waals surface area (Å²) in [5.41, 5.74) is 1.44. The van der Waals surface area contributed by atoms with Crippen molar-refractivity contribution in [1.82, 2.24) is 4.90 Å². The second-order valence-corrected chi connectivity index (χ2v) is 7.49. The molecular weight excluding hydrogens is 411 g/mol. The minimum Gasteiger partial charge on any atom is -0.490 e. The number of nitrogens with zero attached hydrogens (tertiary/aromatic N) is 2. The zero-order valence-corrected chi connectivity index (χ0v) is 17.1. The highest BCUT2D eigenvalue weighted by molar-refractivity contribution is 7.99. The lowest BCUT2D eigenvalue weighted by Crippen LogP contribution is -2.28. The van der Waals surface area contributed by atoms with Crippen LogP contribution in [-0.2, 0) is 17.1 Å². The second kappa shape index (κ2) is 9.82. The van der Waals surface area contributed by atoms with Crippen LogP contribution in [0.2, 0.25) is 10.0 Å². The number of methoxy groups -OCH3 is 1. The molecule has 0 fully saturated rings. The number of thioether (sulfide) groups is 1. The van der Waals surface area contributed by atoms with Gasteiger partial charge in [0.15, 0.2) is 5.75 Å². The summed E-state index contributed by atoms with van der Waals surface area (Å²) in [5.74, 6) is 0.860. The van der Waals surface area contributed by atoms with Gasteiger partial charge in [0.25, 0.3) is 0 Å². The van der Waals surface area contributed by atoms with Crippen molar-refractivity contribution in [3.05, 3.63) is 67.7 Å². The average Bonchev–Trinajstić information content (AvgIpc) is 2.65. The summed E-state index contributed by atoms with van der Waals surface area (Å²) < 4.78 is 4.98. The lowest BCUT2D eigenvalue weighted by Gasteiger charge is -2.18. The van der Waals surface area contributed by atoms with Gasteiger partial charge >= 0.3 is 5.69 Å². The van der Waals surface area contributed by atoms with Crippen molar-refractivity contribution in [2.75, 3.05) is 19.9 Å². The number of amides is 1. The van der Waals surface area contributed by atoms with E-state index in [1.165, 1.54) is 24.9 Å². The number of carbonyl (C=O) groups is 1. The lowest BCUT2D eigenvalue weighted by molar-refractivity contribution is -0.385. The summed E-state index contributed by atoms with van der Waals surface area (Å²) in [6.07, 6.45) is 0. The topological polar surface area (TPSA) is 72.7 Å². The quantitative estimate of drug-likeness (QED) is 0.445. The minimum atomic E-state index is -0.485. The second-order valence-electron chi connectivity index (χ2n) is 5.72. The molecule has 2 aromatic carbocycles. The number of hydrogen-bond acceptors (Lipinski definition) is 5. The van der Waals surface area contributed by atoms with Crippen molar-refractivity contribution < 1.29 is 14.5 Å². The number of benzene rings is 2. The van der Waals surface area contributed by atoms with Crippen LogP contribution in [0.3, 0.4) is 0 Å². The summed E-state index contributed by atoms with van der Waals surface area (Å²) in [4.78, 5) is 24.5. The maximum atomic E-state index is 12.3. The van der Waals surface area contributed by atoms with E-state index in [0.29, 0.717) is 22.3 Å². The molecule has 0 aliphatic carbocycles. The molecule has 1 amide bonds. The van der Waals surface area contributed by atoms with E-state index in [2.05, 4.69) is 0 Å². The highest BCUT2D eigenvalue weighted by atomic mass is 35.5. The van der Waals surface area contributed by atoms with E-state index < -0.39 is 4.92 Å². The number of carbonyl (C=O) groups excluding carboxylic acids is 1. The maximum Gasteiger partial charge on any atom is 0.311 e. The van der Waals surface area contributed by atoms with E-state index in [-0.39, 0.29) is 23.1 Å². The Morgan fingerprint density at radius 1 is 1.30 bits per heavy atom. The predicted molar refractivity (Wildman–Crippen MR) is 109 cm³/mol. The number of nitro groups is 1. The number of hydrogen-bond donors (Lipinski definition) is 0. The standard InChI is InChI=1S/C18H18Cl2N2O4S/c1-21(9-13-4-3-5-14(19)18(13)20)17(23)11-27-10-12-6-7-16(26-2)15(8-12)22(24)25/h3-8H,9-11H2,1-2H3. The molecule has 0 spiro atoms. The van der Waals surface area contributed by atoms with Crippen LogP contribution < -0.4 is 4.74 Å². The zero-order chi connectivity index (χ0) is 20.0. The molecular formula is C18H18Cl2N2O4S. The van der Waals surface area contributed by atoms with E-state index >= 15 is 0 Å². The van der Waals surface area contributed by atoms with Crippen LogP contribution in [0.4, 0.5) is 5.69 Å². The molecule has 0 unspecified atom stereocenters. The van der Waals surface area contributed by atoms with Gasteiger partial charge in [-0.05, 0) is 23.3 Å². The minimum absolute atomic E-state index is 0.0703. The van der Waals surface area contributed by atoms with Crippen LogP contribution in [0.15, 0.2) is 36.4 Å². The molecule has 0 aromatic heterocycles. The first kappa shape index (κ1) is 21.3. The van der Waals surface area contributed by atoms with Crippen LogP contribution in [-0.4, -0.2) is 35.6 Å². The van der Waals surface area contributed by atoms with Gasteiger partial charge in [0, 0.05) is 25.4 Å². The van der Waals surface area contributed by atoms with Crippen LogP contribution in [0.1, 0.15) is 11.1 Å². The Balaban J connectivity index is 1.91. The van der Waals surface area contributed by atoms with Gasteiger partial charge in [-0.25, -0.2) is 0 Å². The molecule has 0 N–H and O–H groups in total. The molecule has 0 saturated carbocycles. The monoisotopic (exact) mass is 428 g/mol. The highest BCUT2D eigenvalue weighted by Crippen LogP contribution is 2.29. The van der Waals surface area contributed by atoms with Crippen LogP contribution in [0.5, 0.6) is 5.75 Å². The van der Waals surface area contributed by atoms with Crippen molar-refractivity contribution >= 4 is 46.6 Å². The fourth-order valence-corrected chi connectivity index (χ4v) is 3.64. The van der Waals surface area contributed by atoms with Gasteiger partial charge in [-0.15, -0.1) is 11.8 Å². The first-order valence-corrected chi connectivity index (χ1v) is 9.80. The first-order valence-electron chi connectivity index (χ1n) is 7.89. The molecule has 144 valence electrons. The van der Waals surface area contributed by atoms with Crippen LogP contribution >= 0.6 is 35.0 Å². The molecule has 0 radical (unpaired) electrons. The molecule has 2 aromatic rings. The molecule has 0 saturated heterocycles. The van der Waals surface area contributed by atoms with Crippen molar-refractivity contribution in [2.45, 2.75) is 12.3 Å². The van der Waals surface area contributed by atoms with Crippen molar-refractivity contribution in [1.29, 1.82) is 0 Å². The highest BCUT2D eigenvalue weighted by Gasteiger charge is 2.16. The lowest BCUT2D eigenvalue weighted by atomic mass is 10.2. The Hall–Kier alpha value is -1.96. The first-order chi connectivity index (χ1) is 12.8. The van der Waals surface area contributed by atoms with E-state index in [4.69, 9.17) is 27.9 Å². The van der Waals surface area contributed by atoms with Crippen molar-refractivity contribution in [2.24, 2.45) is 0 Å². The molecule has 6 nitrogen and oxygen atoms in total. The van der Waals surface area contributed by atoms with Crippen LogP contribution in [0.25, 0.3) is 0 Å². The smallest absolute Gasteiger partial charge is 0.311 e. The van der Waals surface area contributed by atoms with E-state index in [0.717, 1.165) is 11.1 Å². The molecule has 0 aliphatic rings. The van der Waals surface area contributed by atoms with Gasteiger partial charge in [-0.1, -0.05) is 41.4 Å². The fraction of sp³-hybridized carbons (Fsp3) is 0.278. The van der Waals surface area contributed by atoms with E-state index in [9.17, 15) is 14.9 Å².